The average molecular weight is 258 g/mol. The van der Waals surface area contributed by atoms with Crippen molar-refractivity contribution in [3.8, 4) is 0 Å². The molecule has 0 saturated carbocycles. The summed E-state index contributed by atoms with van der Waals surface area (Å²) in [4.78, 5) is 22.0. The number of H-pyrrole nitrogens is 1. The number of aryl methyl sites for hydroxylation is 2. The number of carbonyl (C=O) groups is 1. The molecule has 2 aromatic heterocycles. The third-order valence-corrected chi connectivity index (χ3v) is 3.64. The van der Waals surface area contributed by atoms with Crippen LogP contribution in [0.25, 0.3) is 0 Å². The van der Waals surface area contributed by atoms with Crippen LogP contribution in [-0.2, 0) is 13.1 Å². The second-order valence-corrected chi connectivity index (χ2v) is 5.16. The summed E-state index contributed by atoms with van der Waals surface area (Å²) < 4.78 is 2.15. The van der Waals surface area contributed by atoms with Crippen molar-refractivity contribution < 1.29 is 4.79 Å². The van der Waals surface area contributed by atoms with Crippen LogP contribution in [0.1, 0.15) is 27.6 Å². The van der Waals surface area contributed by atoms with E-state index in [4.69, 9.17) is 0 Å². The van der Waals surface area contributed by atoms with Crippen LogP contribution in [0.3, 0.4) is 0 Å². The van der Waals surface area contributed by atoms with Crippen LogP contribution in [0.5, 0.6) is 0 Å². The summed E-state index contributed by atoms with van der Waals surface area (Å²) in [6.45, 7) is 6.95. The lowest BCUT2D eigenvalue weighted by molar-refractivity contribution is 0.0907. The van der Waals surface area contributed by atoms with E-state index in [1.807, 2.05) is 32.3 Å². The molecule has 3 heterocycles. The van der Waals surface area contributed by atoms with E-state index in [0.29, 0.717) is 6.54 Å². The third kappa shape index (κ3) is 2.33. The number of Topliss-reactive ketones (excluding diaryl/α,β-unsaturated/α-hetero) is 1. The number of carbonyl (C=O) groups excluding carboxylic acids is 1. The molecule has 5 nitrogen and oxygen atoms in total. The van der Waals surface area contributed by atoms with Gasteiger partial charge in [-0.2, -0.15) is 0 Å². The van der Waals surface area contributed by atoms with E-state index >= 15 is 0 Å². The molecule has 0 fully saturated rings. The SMILES string of the molecule is Cc1cc(C(=O)CN2CCn3ccnc3C2)c(C)[nH]1. The van der Waals surface area contributed by atoms with Crippen molar-refractivity contribution in [3.63, 3.8) is 0 Å². The Balaban J connectivity index is 1.70. The Kier molecular flexibility index (Phi) is 2.98. The molecule has 3 rings (SSSR count). The fourth-order valence-corrected chi connectivity index (χ4v) is 2.66. The van der Waals surface area contributed by atoms with Crippen LogP contribution in [0, 0.1) is 13.8 Å². The minimum absolute atomic E-state index is 0.182. The molecule has 0 amide bonds. The van der Waals surface area contributed by atoms with Crippen molar-refractivity contribution in [3.05, 3.63) is 41.2 Å². The van der Waals surface area contributed by atoms with Gasteiger partial charge in [0.15, 0.2) is 5.78 Å². The molecule has 1 aliphatic heterocycles. The van der Waals surface area contributed by atoms with Crippen molar-refractivity contribution in [2.45, 2.75) is 26.9 Å². The van der Waals surface area contributed by atoms with Gasteiger partial charge in [-0.05, 0) is 19.9 Å². The monoisotopic (exact) mass is 258 g/mol. The molecular formula is C14H18N4O. The Bertz CT molecular complexity index is 611. The van der Waals surface area contributed by atoms with E-state index in [2.05, 4.69) is 19.4 Å². The average Bonchev–Trinajstić information content (AvgIpc) is 2.94. The molecule has 0 unspecified atom stereocenters. The van der Waals surface area contributed by atoms with Gasteiger partial charge in [0.25, 0.3) is 0 Å². The van der Waals surface area contributed by atoms with Gasteiger partial charge in [0.2, 0.25) is 0 Å². The summed E-state index contributed by atoms with van der Waals surface area (Å²) in [5.74, 6) is 1.22. The zero-order valence-electron chi connectivity index (χ0n) is 11.3. The molecule has 5 heteroatoms. The lowest BCUT2D eigenvalue weighted by Gasteiger charge is -2.26. The van der Waals surface area contributed by atoms with Crippen molar-refractivity contribution >= 4 is 5.78 Å². The maximum absolute atomic E-state index is 12.3. The maximum Gasteiger partial charge on any atom is 0.178 e. The van der Waals surface area contributed by atoms with Crippen LogP contribution < -0.4 is 0 Å². The van der Waals surface area contributed by atoms with Crippen molar-refractivity contribution in [1.29, 1.82) is 0 Å². The van der Waals surface area contributed by atoms with Crippen molar-refractivity contribution in [2.75, 3.05) is 13.1 Å². The highest BCUT2D eigenvalue weighted by Crippen LogP contribution is 2.14. The number of aromatic nitrogens is 3. The highest BCUT2D eigenvalue weighted by molar-refractivity contribution is 5.98. The first-order valence-electron chi connectivity index (χ1n) is 6.55. The van der Waals surface area contributed by atoms with E-state index in [9.17, 15) is 4.79 Å². The maximum atomic E-state index is 12.3. The lowest BCUT2D eigenvalue weighted by Crippen LogP contribution is -2.37. The second-order valence-electron chi connectivity index (χ2n) is 5.16. The number of nitrogens with zero attached hydrogens (tertiary/aromatic N) is 3. The zero-order chi connectivity index (χ0) is 13.4. The molecule has 2 aromatic rings. The van der Waals surface area contributed by atoms with E-state index in [1.54, 1.807) is 0 Å². The predicted molar refractivity (Wildman–Crippen MR) is 72.1 cm³/mol. The molecule has 0 spiro atoms. The van der Waals surface area contributed by atoms with Crippen molar-refractivity contribution in [2.24, 2.45) is 0 Å². The summed E-state index contributed by atoms with van der Waals surface area (Å²) in [5, 5.41) is 0. The number of hydrogen-bond donors (Lipinski definition) is 1. The Hall–Kier alpha value is -1.88. The van der Waals surface area contributed by atoms with E-state index in [0.717, 1.165) is 42.4 Å². The molecule has 0 radical (unpaired) electrons. The molecule has 100 valence electrons. The fourth-order valence-electron chi connectivity index (χ4n) is 2.66. The lowest BCUT2D eigenvalue weighted by atomic mass is 10.1. The summed E-state index contributed by atoms with van der Waals surface area (Å²) in [6.07, 6.45) is 3.81. The van der Waals surface area contributed by atoms with Crippen molar-refractivity contribution in [1.82, 2.24) is 19.4 Å². The second kappa shape index (κ2) is 4.66. The quantitative estimate of drug-likeness (QED) is 0.849. The Morgan fingerprint density at radius 1 is 1.42 bits per heavy atom. The summed E-state index contributed by atoms with van der Waals surface area (Å²) in [5.41, 5.74) is 2.81. The topological polar surface area (TPSA) is 53.9 Å². The van der Waals surface area contributed by atoms with E-state index in [1.165, 1.54) is 0 Å². The normalized spacial score (nSPS) is 15.5. The van der Waals surface area contributed by atoms with Gasteiger partial charge in [0, 0.05) is 42.4 Å². The summed E-state index contributed by atoms with van der Waals surface area (Å²) in [7, 11) is 0. The molecule has 1 N–H and O–H groups in total. The molecule has 0 atom stereocenters. The van der Waals surface area contributed by atoms with Crippen LogP contribution >= 0.6 is 0 Å². The van der Waals surface area contributed by atoms with Gasteiger partial charge >= 0.3 is 0 Å². The molecule has 0 aromatic carbocycles. The largest absolute Gasteiger partial charge is 0.362 e. The minimum Gasteiger partial charge on any atom is -0.362 e. The van der Waals surface area contributed by atoms with E-state index < -0.39 is 0 Å². The number of rotatable bonds is 3. The highest BCUT2D eigenvalue weighted by Gasteiger charge is 2.20. The Labute approximate surface area is 112 Å². The summed E-state index contributed by atoms with van der Waals surface area (Å²) in [6, 6.07) is 1.93. The fraction of sp³-hybridized carbons (Fsp3) is 0.429. The van der Waals surface area contributed by atoms with Gasteiger partial charge in [0.05, 0.1) is 13.1 Å². The van der Waals surface area contributed by atoms with Crippen LogP contribution in [0.15, 0.2) is 18.5 Å². The molecule has 19 heavy (non-hydrogen) atoms. The zero-order valence-corrected chi connectivity index (χ0v) is 11.3. The first-order chi connectivity index (χ1) is 9.13. The Morgan fingerprint density at radius 2 is 2.26 bits per heavy atom. The number of imidazole rings is 1. The van der Waals surface area contributed by atoms with Crippen LogP contribution in [-0.4, -0.2) is 38.3 Å². The first-order valence-corrected chi connectivity index (χ1v) is 6.55. The number of fused-ring (bicyclic) bond motifs is 1. The molecule has 1 aliphatic rings. The Morgan fingerprint density at radius 3 is 3.00 bits per heavy atom. The van der Waals surface area contributed by atoms with Gasteiger partial charge in [-0.1, -0.05) is 0 Å². The molecular weight excluding hydrogens is 240 g/mol. The number of hydrogen-bond acceptors (Lipinski definition) is 3. The summed E-state index contributed by atoms with van der Waals surface area (Å²) >= 11 is 0. The first kappa shape index (κ1) is 12.2. The van der Waals surface area contributed by atoms with Gasteiger partial charge in [0.1, 0.15) is 5.82 Å². The highest BCUT2D eigenvalue weighted by atomic mass is 16.1. The number of ketones is 1. The van der Waals surface area contributed by atoms with Crippen LogP contribution in [0.2, 0.25) is 0 Å². The van der Waals surface area contributed by atoms with Gasteiger partial charge < -0.3 is 9.55 Å². The van der Waals surface area contributed by atoms with Crippen LogP contribution in [0.4, 0.5) is 0 Å². The standard InChI is InChI=1S/C14H18N4O/c1-10-7-12(11(2)16-10)13(19)8-17-5-6-18-4-3-15-14(18)9-17/h3-4,7,16H,5-6,8-9H2,1-2H3. The molecule has 0 aliphatic carbocycles. The van der Waals surface area contributed by atoms with Gasteiger partial charge in [-0.3, -0.25) is 9.69 Å². The molecule has 0 saturated heterocycles. The predicted octanol–water partition coefficient (Wildman–Crippen LogP) is 1.53. The number of aromatic amines is 1. The van der Waals surface area contributed by atoms with Gasteiger partial charge in [-0.25, -0.2) is 4.98 Å². The minimum atomic E-state index is 0.182. The van der Waals surface area contributed by atoms with Gasteiger partial charge in [-0.15, -0.1) is 0 Å². The molecule has 0 bridgehead atoms. The third-order valence-electron chi connectivity index (χ3n) is 3.64. The smallest absolute Gasteiger partial charge is 0.178 e. The number of nitrogens with one attached hydrogen (secondary N) is 1. The van der Waals surface area contributed by atoms with E-state index in [-0.39, 0.29) is 5.78 Å².